The van der Waals surface area contributed by atoms with Crippen molar-refractivity contribution in [3.8, 4) is 0 Å². The molecule has 1 aliphatic rings. The molecular formula is C11H16N2O6. The number of nitrogens with zero attached hydrogens (tertiary/aromatic N) is 1. The molecule has 4 atom stereocenters. The second-order valence-corrected chi connectivity index (χ2v) is 4.42. The van der Waals surface area contributed by atoms with E-state index < -0.39 is 42.4 Å². The summed E-state index contributed by atoms with van der Waals surface area (Å²) in [6.07, 6.45) is -2.27. The van der Waals surface area contributed by atoms with Crippen LogP contribution in [-0.2, 0) is 9.47 Å². The summed E-state index contributed by atoms with van der Waals surface area (Å²) in [6, 6.07) is 0. The first kappa shape index (κ1) is 13.9. The first-order chi connectivity index (χ1) is 8.99. The minimum atomic E-state index is -1.06. The number of methoxy groups -OCH3 is 1. The van der Waals surface area contributed by atoms with Crippen molar-refractivity contribution in [1.29, 1.82) is 0 Å². The average molecular weight is 272 g/mol. The van der Waals surface area contributed by atoms with E-state index >= 15 is 0 Å². The molecule has 0 aliphatic carbocycles. The standard InChI is InChI=1S/C11H16N2O6/c1-5-3-13(11(17)12-9(5)16)10-8(18-2)7(15)6(4-14)19-10/h3,6-8,10,14-15H,4H2,1-2H3,(H,12,16,17)/t6-,7?,8?,10-/m1/s1. The molecule has 0 bridgehead atoms. The smallest absolute Gasteiger partial charge is 0.330 e. The third-order valence-corrected chi connectivity index (χ3v) is 3.18. The topological polar surface area (TPSA) is 114 Å². The molecule has 106 valence electrons. The van der Waals surface area contributed by atoms with E-state index in [-0.39, 0.29) is 0 Å². The first-order valence-electron chi connectivity index (χ1n) is 5.78. The highest BCUT2D eigenvalue weighted by Gasteiger charge is 2.45. The summed E-state index contributed by atoms with van der Waals surface area (Å²) in [7, 11) is 1.37. The first-order valence-corrected chi connectivity index (χ1v) is 5.78. The van der Waals surface area contributed by atoms with E-state index in [1.54, 1.807) is 6.92 Å². The Labute approximate surface area is 108 Å². The Hall–Kier alpha value is -1.48. The van der Waals surface area contributed by atoms with Gasteiger partial charge in [-0.1, -0.05) is 0 Å². The number of aryl methyl sites for hydroxylation is 1. The van der Waals surface area contributed by atoms with Crippen LogP contribution in [0.15, 0.2) is 15.8 Å². The van der Waals surface area contributed by atoms with Crippen LogP contribution in [0.25, 0.3) is 0 Å². The van der Waals surface area contributed by atoms with Crippen LogP contribution in [0.2, 0.25) is 0 Å². The summed E-state index contributed by atoms with van der Waals surface area (Å²) in [5, 5.41) is 19.0. The second kappa shape index (κ2) is 5.25. The Bertz CT molecular complexity index is 565. The van der Waals surface area contributed by atoms with Crippen LogP contribution in [0.1, 0.15) is 11.8 Å². The molecule has 1 saturated heterocycles. The van der Waals surface area contributed by atoms with E-state index in [1.807, 2.05) is 0 Å². The van der Waals surface area contributed by atoms with Crippen molar-refractivity contribution in [2.24, 2.45) is 0 Å². The van der Waals surface area contributed by atoms with Crippen LogP contribution < -0.4 is 11.2 Å². The minimum absolute atomic E-state index is 0.333. The van der Waals surface area contributed by atoms with Crippen molar-refractivity contribution in [1.82, 2.24) is 9.55 Å². The fourth-order valence-corrected chi connectivity index (χ4v) is 2.12. The fraction of sp³-hybridized carbons (Fsp3) is 0.636. The predicted molar refractivity (Wildman–Crippen MR) is 63.9 cm³/mol. The largest absolute Gasteiger partial charge is 0.394 e. The SMILES string of the molecule is COC1C(O)[C@@H](CO)O[C@H]1n1cc(C)c(=O)[nH]c1=O. The summed E-state index contributed by atoms with van der Waals surface area (Å²) in [6.45, 7) is 1.15. The van der Waals surface area contributed by atoms with E-state index in [2.05, 4.69) is 4.98 Å². The molecule has 0 spiro atoms. The molecule has 1 fully saturated rings. The minimum Gasteiger partial charge on any atom is -0.394 e. The van der Waals surface area contributed by atoms with Gasteiger partial charge in [-0.15, -0.1) is 0 Å². The van der Waals surface area contributed by atoms with Crippen molar-refractivity contribution in [2.75, 3.05) is 13.7 Å². The molecule has 19 heavy (non-hydrogen) atoms. The Balaban J connectivity index is 2.44. The van der Waals surface area contributed by atoms with Crippen LogP contribution in [0.3, 0.4) is 0 Å². The molecule has 0 saturated carbocycles. The zero-order chi connectivity index (χ0) is 14.2. The third-order valence-electron chi connectivity index (χ3n) is 3.18. The van der Waals surface area contributed by atoms with Gasteiger partial charge in [-0.2, -0.15) is 0 Å². The number of rotatable bonds is 3. The highest BCUT2D eigenvalue weighted by Crippen LogP contribution is 2.30. The molecular weight excluding hydrogens is 256 g/mol. The van der Waals surface area contributed by atoms with Gasteiger partial charge in [0.05, 0.1) is 6.61 Å². The number of hydrogen-bond donors (Lipinski definition) is 3. The van der Waals surface area contributed by atoms with E-state index in [9.17, 15) is 14.7 Å². The van der Waals surface area contributed by atoms with Crippen LogP contribution >= 0.6 is 0 Å². The summed E-state index contributed by atoms with van der Waals surface area (Å²) in [5.41, 5.74) is -0.805. The van der Waals surface area contributed by atoms with E-state index in [0.29, 0.717) is 5.56 Å². The number of hydrogen-bond acceptors (Lipinski definition) is 6. The number of ether oxygens (including phenoxy) is 2. The quantitative estimate of drug-likeness (QED) is 0.593. The lowest BCUT2D eigenvalue weighted by Crippen LogP contribution is -2.39. The molecule has 0 radical (unpaired) electrons. The number of aliphatic hydroxyl groups excluding tert-OH is 2. The maximum atomic E-state index is 11.8. The average Bonchev–Trinajstić information content (AvgIpc) is 2.70. The molecule has 2 rings (SSSR count). The van der Waals surface area contributed by atoms with Crippen molar-refractivity contribution in [3.63, 3.8) is 0 Å². The molecule has 3 N–H and O–H groups in total. The van der Waals surface area contributed by atoms with Crippen molar-refractivity contribution < 1.29 is 19.7 Å². The molecule has 1 aromatic rings. The van der Waals surface area contributed by atoms with Crippen LogP contribution in [0, 0.1) is 6.92 Å². The van der Waals surface area contributed by atoms with Gasteiger partial charge in [0.2, 0.25) is 0 Å². The zero-order valence-corrected chi connectivity index (χ0v) is 10.6. The second-order valence-electron chi connectivity index (χ2n) is 4.42. The predicted octanol–water partition coefficient (Wildman–Crippen LogP) is -1.89. The number of aromatic amines is 1. The van der Waals surface area contributed by atoms with Gasteiger partial charge in [0.15, 0.2) is 6.23 Å². The maximum absolute atomic E-state index is 11.8. The summed E-state index contributed by atoms with van der Waals surface area (Å²) in [4.78, 5) is 25.2. The molecule has 0 amide bonds. The Kier molecular flexibility index (Phi) is 3.85. The molecule has 0 aromatic carbocycles. The van der Waals surface area contributed by atoms with Crippen LogP contribution in [0.4, 0.5) is 0 Å². The van der Waals surface area contributed by atoms with Gasteiger partial charge in [0, 0.05) is 18.9 Å². The summed E-state index contributed by atoms with van der Waals surface area (Å²) >= 11 is 0. The summed E-state index contributed by atoms with van der Waals surface area (Å²) < 4.78 is 11.7. The number of H-pyrrole nitrogens is 1. The molecule has 8 heteroatoms. The van der Waals surface area contributed by atoms with Crippen molar-refractivity contribution in [3.05, 3.63) is 32.6 Å². The number of aromatic nitrogens is 2. The normalized spacial score (nSPS) is 30.7. The Morgan fingerprint density at radius 1 is 1.53 bits per heavy atom. The third kappa shape index (κ3) is 2.35. The van der Waals surface area contributed by atoms with Gasteiger partial charge < -0.3 is 19.7 Å². The Morgan fingerprint density at radius 2 is 2.21 bits per heavy atom. The molecule has 2 unspecified atom stereocenters. The van der Waals surface area contributed by atoms with E-state index in [4.69, 9.17) is 14.6 Å². The fourth-order valence-electron chi connectivity index (χ4n) is 2.12. The molecule has 1 aromatic heterocycles. The zero-order valence-electron chi connectivity index (χ0n) is 10.6. The molecule has 2 heterocycles. The Morgan fingerprint density at radius 3 is 2.79 bits per heavy atom. The van der Waals surface area contributed by atoms with Crippen molar-refractivity contribution in [2.45, 2.75) is 31.5 Å². The van der Waals surface area contributed by atoms with E-state index in [0.717, 1.165) is 4.57 Å². The molecule has 8 nitrogen and oxygen atoms in total. The van der Waals surface area contributed by atoms with E-state index in [1.165, 1.54) is 13.3 Å². The highest BCUT2D eigenvalue weighted by atomic mass is 16.6. The van der Waals surface area contributed by atoms with Crippen LogP contribution in [0.5, 0.6) is 0 Å². The lowest BCUT2D eigenvalue weighted by molar-refractivity contribution is -0.0626. The van der Waals surface area contributed by atoms with Gasteiger partial charge in [0.1, 0.15) is 18.3 Å². The highest BCUT2D eigenvalue weighted by molar-refractivity contribution is 5.03. The lowest BCUT2D eigenvalue weighted by Gasteiger charge is -2.20. The van der Waals surface area contributed by atoms with Gasteiger partial charge in [-0.3, -0.25) is 14.3 Å². The monoisotopic (exact) mass is 272 g/mol. The maximum Gasteiger partial charge on any atom is 0.330 e. The number of nitrogens with one attached hydrogen (secondary N) is 1. The van der Waals surface area contributed by atoms with Crippen LogP contribution in [-0.4, -0.2) is 51.8 Å². The van der Waals surface area contributed by atoms with Gasteiger partial charge in [-0.05, 0) is 6.92 Å². The summed E-state index contributed by atoms with van der Waals surface area (Å²) in [5.74, 6) is 0. The van der Waals surface area contributed by atoms with Gasteiger partial charge in [-0.25, -0.2) is 4.79 Å². The van der Waals surface area contributed by atoms with Gasteiger partial charge in [0.25, 0.3) is 5.56 Å². The molecule has 1 aliphatic heterocycles. The number of aliphatic hydroxyl groups is 2. The lowest BCUT2D eigenvalue weighted by atomic mass is 10.1. The van der Waals surface area contributed by atoms with Crippen molar-refractivity contribution >= 4 is 0 Å². The van der Waals surface area contributed by atoms with Gasteiger partial charge >= 0.3 is 5.69 Å².